The van der Waals surface area contributed by atoms with E-state index in [4.69, 9.17) is 5.73 Å². The summed E-state index contributed by atoms with van der Waals surface area (Å²) in [6.45, 7) is 3.03. The number of thiophene rings is 1. The maximum atomic E-state index is 12.6. The first kappa shape index (κ1) is 19.3. The van der Waals surface area contributed by atoms with Crippen molar-refractivity contribution in [2.24, 2.45) is 19.8 Å². The summed E-state index contributed by atoms with van der Waals surface area (Å²) >= 11 is 1.38. The van der Waals surface area contributed by atoms with Crippen LogP contribution in [0.4, 0.5) is 0 Å². The topological polar surface area (TPSA) is 93.5 Å². The maximum Gasteiger partial charge on any atom is 0.254 e. The molecule has 0 aliphatic carbocycles. The Morgan fingerprint density at radius 1 is 1.37 bits per heavy atom. The normalized spacial score (nSPS) is 12.8. The van der Waals surface area contributed by atoms with E-state index in [2.05, 4.69) is 0 Å². The molecule has 0 saturated heterocycles. The van der Waals surface area contributed by atoms with E-state index in [-0.39, 0.29) is 11.0 Å². The Morgan fingerprint density at radius 2 is 2.07 bits per heavy atom. The zero-order chi connectivity index (χ0) is 19.9. The number of carbonyl (C=O) groups is 1. The number of carbonyl (C=O) groups excluding carboxylic acids is 1. The summed E-state index contributed by atoms with van der Waals surface area (Å²) in [4.78, 5) is 27.2. The molecule has 3 N–H and O–H groups in total. The lowest BCUT2D eigenvalue weighted by Crippen LogP contribution is -2.25. The van der Waals surface area contributed by atoms with E-state index in [0.717, 1.165) is 21.7 Å². The van der Waals surface area contributed by atoms with Gasteiger partial charge in [0.2, 0.25) is 5.43 Å². The minimum Gasteiger partial charge on any atom is -0.386 e. The average Bonchev–Trinajstić information content (AvgIpc) is 3.15. The number of aromatic nitrogens is 2. The molecule has 27 heavy (non-hydrogen) atoms. The highest BCUT2D eigenvalue weighted by Gasteiger charge is 2.20. The number of rotatable bonds is 6. The first-order valence-corrected chi connectivity index (χ1v) is 9.41. The fourth-order valence-electron chi connectivity index (χ4n) is 3.41. The number of aliphatic hydroxyl groups is 1. The van der Waals surface area contributed by atoms with E-state index >= 15 is 0 Å². The Kier molecular flexibility index (Phi) is 5.23. The number of hydrogen-bond donors (Lipinski definition) is 2. The van der Waals surface area contributed by atoms with Crippen molar-refractivity contribution in [1.29, 1.82) is 0 Å². The van der Waals surface area contributed by atoms with E-state index in [1.807, 2.05) is 48.8 Å². The quantitative estimate of drug-likeness (QED) is 0.669. The summed E-state index contributed by atoms with van der Waals surface area (Å²) < 4.78 is 4.22. The minimum atomic E-state index is -0.715. The van der Waals surface area contributed by atoms with Crippen LogP contribution in [0, 0.1) is 6.92 Å². The largest absolute Gasteiger partial charge is 0.386 e. The first-order valence-electron chi connectivity index (χ1n) is 8.60. The smallest absolute Gasteiger partial charge is 0.254 e. The lowest BCUT2D eigenvalue weighted by molar-refractivity contribution is 0.0998. The van der Waals surface area contributed by atoms with E-state index in [1.54, 1.807) is 11.6 Å². The summed E-state index contributed by atoms with van der Waals surface area (Å²) in [7, 11) is 5.64. The zero-order valence-electron chi connectivity index (χ0n) is 15.9. The Morgan fingerprint density at radius 3 is 2.67 bits per heavy atom. The fraction of sp³-hybridized carbons (Fsp3) is 0.368. The van der Waals surface area contributed by atoms with Gasteiger partial charge in [-0.1, -0.05) is 0 Å². The highest BCUT2D eigenvalue weighted by atomic mass is 32.1. The summed E-state index contributed by atoms with van der Waals surface area (Å²) in [6, 6.07) is 3.80. The first-order chi connectivity index (χ1) is 12.7. The molecular formula is C19H24N4O3S. The molecule has 1 amide bonds. The second kappa shape index (κ2) is 7.30. The number of nitrogens with two attached hydrogens (primary N) is 1. The van der Waals surface area contributed by atoms with E-state index in [1.165, 1.54) is 17.5 Å². The molecular weight excluding hydrogens is 364 g/mol. The van der Waals surface area contributed by atoms with Crippen molar-refractivity contribution in [2.45, 2.75) is 19.6 Å². The third-order valence-electron chi connectivity index (χ3n) is 4.83. The number of aliphatic hydroxyl groups excluding tert-OH is 1. The number of likely N-dealkylation sites (N-methyl/N-ethyl adjacent to an activating group) is 1. The molecule has 3 aromatic heterocycles. The van der Waals surface area contributed by atoms with Gasteiger partial charge in [-0.3, -0.25) is 14.5 Å². The summed E-state index contributed by atoms with van der Waals surface area (Å²) in [6.07, 6.45) is 2.80. The van der Waals surface area contributed by atoms with Crippen LogP contribution in [-0.4, -0.2) is 38.6 Å². The van der Waals surface area contributed by atoms with Gasteiger partial charge in [0.1, 0.15) is 11.7 Å². The highest BCUT2D eigenvalue weighted by Crippen LogP contribution is 2.30. The number of nitrogens with zero attached hydrogens (tertiary/aromatic N) is 3. The molecule has 0 aromatic carbocycles. The second-order valence-electron chi connectivity index (χ2n) is 6.93. The van der Waals surface area contributed by atoms with E-state index in [9.17, 15) is 14.7 Å². The van der Waals surface area contributed by atoms with Crippen molar-refractivity contribution >= 4 is 27.5 Å². The highest BCUT2D eigenvalue weighted by molar-refractivity contribution is 7.19. The Hall–Kier alpha value is -2.42. The summed E-state index contributed by atoms with van der Waals surface area (Å²) in [5.41, 5.74) is 7.70. The van der Waals surface area contributed by atoms with E-state index < -0.39 is 12.0 Å². The Balaban J connectivity index is 1.89. The molecule has 3 heterocycles. The number of hydrogen-bond acceptors (Lipinski definition) is 5. The van der Waals surface area contributed by atoms with Gasteiger partial charge >= 0.3 is 0 Å². The van der Waals surface area contributed by atoms with Crippen LogP contribution in [0.2, 0.25) is 0 Å². The molecule has 0 radical (unpaired) electrons. The molecule has 3 aromatic rings. The Bertz CT molecular complexity index is 1060. The SMILES string of the molecule is Cc1c(CN(C)CC(O)c2cccn2C)sc2c(=O)c(C(N)=O)cn(C)c12. The zero-order valence-corrected chi connectivity index (χ0v) is 16.7. The summed E-state index contributed by atoms with van der Waals surface area (Å²) in [5.74, 6) is -0.715. The maximum absolute atomic E-state index is 12.6. The van der Waals surface area contributed by atoms with Gasteiger partial charge in [-0.25, -0.2) is 0 Å². The van der Waals surface area contributed by atoms with Gasteiger partial charge in [0.05, 0.1) is 10.2 Å². The molecule has 0 aliphatic rings. The van der Waals surface area contributed by atoms with Crippen LogP contribution in [0.3, 0.4) is 0 Å². The fourth-order valence-corrected chi connectivity index (χ4v) is 4.79. The molecule has 0 saturated carbocycles. The van der Waals surface area contributed by atoms with Crippen molar-refractivity contribution in [2.75, 3.05) is 13.6 Å². The molecule has 8 heteroatoms. The summed E-state index contributed by atoms with van der Waals surface area (Å²) in [5, 5.41) is 10.5. The second-order valence-corrected chi connectivity index (χ2v) is 8.04. The van der Waals surface area contributed by atoms with Gasteiger partial charge in [0.15, 0.2) is 0 Å². The third-order valence-corrected chi connectivity index (χ3v) is 6.09. The van der Waals surface area contributed by atoms with Gasteiger partial charge in [-0.05, 0) is 31.7 Å². The molecule has 1 unspecified atom stereocenters. The number of fused-ring (bicyclic) bond motifs is 1. The van der Waals surface area contributed by atoms with Gasteiger partial charge in [-0.2, -0.15) is 0 Å². The molecule has 3 rings (SSSR count). The van der Waals surface area contributed by atoms with Crippen LogP contribution in [0.1, 0.15) is 32.6 Å². The molecule has 1 atom stereocenters. The van der Waals surface area contributed by atoms with Crippen LogP contribution in [0.15, 0.2) is 29.3 Å². The van der Waals surface area contributed by atoms with Crippen LogP contribution in [-0.2, 0) is 20.6 Å². The van der Waals surface area contributed by atoms with Crippen molar-refractivity contribution in [1.82, 2.24) is 14.0 Å². The van der Waals surface area contributed by atoms with Crippen LogP contribution in [0.25, 0.3) is 10.2 Å². The predicted molar refractivity (Wildman–Crippen MR) is 107 cm³/mol. The molecule has 0 bridgehead atoms. The minimum absolute atomic E-state index is 0.00489. The van der Waals surface area contributed by atoms with Gasteiger partial charge in [0.25, 0.3) is 5.91 Å². The predicted octanol–water partition coefficient (Wildman–Crippen LogP) is 1.51. The van der Waals surface area contributed by atoms with Crippen LogP contribution >= 0.6 is 11.3 Å². The lowest BCUT2D eigenvalue weighted by Gasteiger charge is -2.21. The number of aryl methyl sites for hydroxylation is 3. The average molecular weight is 388 g/mol. The Labute approximate surface area is 161 Å². The van der Waals surface area contributed by atoms with Crippen molar-refractivity contribution in [3.05, 3.63) is 56.4 Å². The van der Waals surface area contributed by atoms with Gasteiger partial charge < -0.3 is 20.0 Å². The van der Waals surface area contributed by atoms with Gasteiger partial charge in [0, 0.05) is 50.1 Å². The van der Waals surface area contributed by atoms with Crippen molar-refractivity contribution in [3.8, 4) is 0 Å². The molecule has 0 aliphatic heterocycles. The lowest BCUT2D eigenvalue weighted by atomic mass is 10.1. The van der Waals surface area contributed by atoms with Crippen molar-refractivity contribution < 1.29 is 9.90 Å². The van der Waals surface area contributed by atoms with E-state index in [0.29, 0.717) is 17.8 Å². The molecule has 7 nitrogen and oxygen atoms in total. The molecule has 0 spiro atoms. The van der Waals surface area contributed by atoms with Gasteiger partial charge in [-0.15, -0.1) is 11.3 Å². The van der Waals surface area contributed by atoms with Crippen LogP contribution in [0.5, 0.6) is 0 Å². The van der Waals surface area contributed by atoms with Crippen LogP contribution < -0.4 is 11.2 Å². The monoisotopic (exact) mass is 388 g/mol. The third kappa shape index (κ3) is 3.55. The molecule has 0 fully saturated rings. The molecule has 144 valence electrons. The van der Waals surface area contributed by atoms with Crippen molar-refractivity contribution in [3.63, 3.8) is 0 Å². The standard InChI is InChI=1S/C19H24N4O3S/c1-11-15(10-21(2)9-14(24)13-6-5-7-22(13)3)27-18-16(11)23(4)8-12(17(18)25)19(20)26/h5-8,14,24H,9-10H2,1-4H3,(H2,20,26). The number of amides is 1. The number of pyridine rings is 1. The number of primary amides is 1.